The molecule has 2 aromatic carbocycles. The zero-order chi connectivity index (χ0) is 26.4. The lowest BCUT2D eigenvalue weighted by Crippen LogP contribution is -2.37. The number of carboxylic acid groups (broad SMARTS) is 1. The van der Waals surface area contributed by atoms with Gasteiger partial charge in [0.1, 0.15) is 5.82 Å². The van der Waals surface area contributed by atoms with Crippen molar-refractivity contribution in [1.29, 1.82) is 0 Å². The first-order valence-corrected chi connectivity index (χ1v) is 13.1. The van der Waals surface area contributed by atoms with Gasteiger partial charge in [-0.3, -0.25) is 14.4 Å². The van der Waals surface area contributed by atoms with Gasteiger partial charge in [-0.2, -0.15) is 0 Å². The number of carboxylic acids is 1. The zero-order valence-corrected chi connectivity index (χ0v) is 21.4. The van der Waals surface area contributed by atoms with E-state index in [1.807, 2.05) is 25.2 Å². The molecule has 4 rings (SSSR count). The van der Waals surface area contributed by atoms with Crippen LogP contribution in [0.2, 0.25) is 0 Å². The Morgan fingerprint density at radius 3 is 2.54 bits per heavy atom. The lowest BCUT2D eigenvalue weighted by molar-refractivity contribution is -0.144. The lowest BCUT2D eigenvalue weighted by atomic mass is 9.92. The quantitative estimate of drug-likeness (QED) is 0.540. The summed E-state index contributed by atoms with van der Waals surface area (Å²) in [7, 11) is 1.82. The van der Waals surface area contributed by atoms with E-state index in [0.29, 0.717) is 37.5 Å². The molecule has 2 aromatic rings. The molecule has 2 aliphatic rings. The summed E-state index contributed by atoms with van der Waals surface area (Å²) in [6.45, 7) is 3.51. The summed E-state index contributed by atoms with van der Waals surface area (Å²) in [5.74, 6) is -1.66. The van der Waals surface area contributed by atoms with Gasteiger partial charge >= 0.3 is 5.97 Å². The molecular weight excluding hydrogens is 473 g/mol. The van der Waals surface area contributed by atoms with Crippen LogP contribution in [0.4, 0.5) is 4.39 Å². The van der Waals surface area contributed by atoms with Crippen molar-refractivity contribution >= 4 is 17.8 Å². The van der Waals surface area contributed by atoms with Crippen LogP contribution in [0.3, 0.4) is 0 Å². The number of carbonyl (C=O) groups excluding carboxylic acids is 2. The van der Waals surface area contributed by atoms with Crippen LogP contribution in [-0.4, -0.2) is 65.9 Å². The fourth-order valence-electron chi connectivity index (χ4n) is 5.34. The highest BCUT2D eigenvalue weighted by Gasteiger charge is 2.31. The Bertz CT molecular complexity index is 1110. The Kier molecular flexibility index (Phi) is 8.92. The summed E-state index contributed by atoms with van der Waals surface area (Å²) in [5, 5.41) is 12.8. The number of rotatable bonds is 9. The monoisotopic (exact) mass is 509 g/mol. The molecule has 7 nitrogen and oxygen atoms in total. The molecular formula is C29H36FN3O4. The van der Waals surface area contributed by atoms with Gasteiger partial charge in [0.15, 0.2) is 0 Å². The number of amides is 2. The highest BCUT2D eigenvalue weighted by molar-refractivity contribution is 5.94. The molecule has 2 amide bonds. The SMILES string of the molecule is CN(CCC1CCNCC1)C(=O)c1ccc2c(c1)C[C@H](CC(=O)O)C(=O)N(CCc1ccc(F)cc1)C2. The Morgan fingerprint density at radius 1 is 1.11 bits per heavy atom. The maximum absolute atomic E-state index is 13.3. The second-order valence-corrected chi connectivity index (χ2v) is 10.3. The Balaban J connectivity index is 1.47. The number of nitrogens with zero attached hydrogens (tertiary/aromatic N) is 2. The van der Waals surface area contributed by atoms with Gasteiger partial charge in [0, 0.05) is 32.2 Å². The van der Waals surface area contributed by atoms with E-state index < -0.39 is 11.9 Å². The number of nitrogens with one attached hydrogen (secondary N) is 1. The van der Waals surface area contributed by atoms with Crippen molar-refractivity contribution in [3.05, 3.63) is 70.5 Å². The number of fused-ring (bicyclic) bond motifs is 1. The molecule has 0 aromatic heterocycles. The van der Waals surface area contributed by atoms with E-state index in [0.717, 1.165) is 49.0 Å². The van der Waals surface area contributed by atoms with Crippen LogP contribution in [0.25, 0.3) is 0 Å². The fraction of sp³-hybridized carbons (Fsp3) is 0.483. The third-order valence-electron chi connectivity index (χ3n) is 7.62. The van der Waals surface area contributed by atoms with Crippen molar-refractivity contribution in [1.82, 2.24) is 15.1 Å². The van der Waals surface area contributed by atoms with E-state index >= 15 is 0 Å². The molecule has 0 radical (unpaired) electrons. The van der Waals surface area contributed by atoms with Gasteiger partial charge in [0.05, 0.1) is 12.3 Å². The van der Waals surface area contributed by atoms with Crippen LogP contribution in [-0.2, 0) is 29.0 Å². The molecule has 2 N–H and O–H groups in total. The highest BCUT2D eigenvalue weighted by Crippen LogP contribution is 2.27. The van der Waals surface area contributed by atoms with Gasteiger partial charge in [0.25, 0.3) is 5.91 Å². The van der Waals surface area contributed by atoms with E-state index in [4.69, 9.17) is 0 Å². The smallest absolute Gasteiger partial charge is 0.304 e. The van der Waals surface area contributed by atoms with Crippen LogP contribution in [0.15, 0.2) is 42.5 Å². The van der Waals surface area contributed by atoms with E-state index in [1.54, 1.807) is 21.9 Å². The van der Waals surface area contributed by atoms with Crippen molar-refractivity contribution in [3.8, 4) is 0 Å². The molecule has 0 aliphatic carbocycles. The van der Waals surface area contributed by atoms with Crippen LogP contribution >= 0.6 is 0 Å². The molecule has 37 heavy (non-hydrogen) atoms. The molecule has 2 heterocycles. The maximum atomic E-state index is 13.3. The first kappa shape index (κ1) is 26.8. The standard InChI is InChI=1S/C29H36FN3O4/c1-32(14-10-21-8-12-31-13-9-21)28(36)22-4-5-23-19-33(15-11-20-2-6-26(30)7-3-20)29(37)25(18-27(34)35)17-24(23)16-22/h2-7,16,21,25,31H,8-15,17-19H2,1H3,(H,34,35)/t25-/m1/s1. The summed E-state index contributed by atoms with van der Waals surface area (Å²) in [5.41, 5.74) is 3.24. The van der Waals surface area contributed by atoms with Crippen LogP contribution < -0.4 is 5.32 Å². The van der Waals surface area contributed by atoms with Crippen molar-refractivity contribution < 1.29 is 23.9 Å². The molecule has 0 saturated carbocycles. The van der Waals surface area contributed by atoms with Gasteiger partial charge in [0.2, 0.25) is 5.91 Å². The molecule has 0 bridgehead atoms. The van der Waals surface area contributed by atoms with Gasteiger partial charge < -0.3 is 20.2 Å². The third kappa shape index (κ3) is 7.16. The number of piperidine rings is 1. The molecule has 8 heteroatoms. The number of benzene rings is 2. The molecule has 198 valence electrons. The minimum Gasteiger partial charge on any atom is -0.481 e. The number of carbonyl (C=O) groups is 3. The Morgan fingerprint density at radius 2 is 1.84 bits per heavy atom. The van der Waals surface area contributed by atoms with Gasteiger partial charge in [-0.15, -0.1) is 0 Å². The Hall–Kier alpha value is -3.26. The van der Waals surface area contributed by atoms with Crippen LogP contribution in [0.5, 0.6) is 0 Å². The molecule has 0 spiro atoms. The van der Waals surface area contributed by atoms with Crippen molar-refractivity contribution in [2.45, 2.75) is 45.1 Å². The average Bonchev–Trinajstić information content (AvgIpc) is 3.02. The second kappa shape index (κ2) is 12.3. The minimum atomic E-state index is -1.02. The van der Waals surface area contributed by atoms with E-state index in [9.17, 15) is 23.9 Å². The largest absolute Gasteiger partial charge is 0.481 e. The summed E-state index contributed by atoms with van der Waals surface area (Å²) < 4.78 is 13.3. The maximum Gasteiger partial charge on any atom is 0.304 e. The van der Waals surface area contributed by atoms with Gasteiger partial charge in [-0.25, -0.2) is 4.39 Å². The predicted octanol–water partition coefficient (Wildman–Crippen LogP) is 3.51. The number of aliphatic carboxylic acids is 1. The van der Waals surface area contributed by atoms with E-state index in [1.165, 1.54) is 12.1 Å². The van der Waals surface area contributed by atoms with Crippen LogP contribution in [0.1, 0.15) is 52.7 Å². The Labute approximate surface area is 217 Å². The summed E-state index contributed by atoms with van der Waals surface area (Å²) in [4.78, 5) is 41.5. The normalized spacial score (nSPS) is 18.3. The number of hydrogen-bond acceptors (Lipinski definition) is 4. The number of halogens is 1. The van der Waals surface area contributed by atoms with Crippen LogP contribution in [0, 0.1) is 17.7 Å². The van der Waals surface area contributed by atoms with Crippen molar-refractivity contribution in [2.75, 3.05) is 33.2 Å². The molecule has 1 saturated heterocycles. The topological polar surface area (TPSA) is 90.0 Å². The summed E-state index contributed by atoms with van der Waals surface area (Å²) in [6.07, 6.45) is 3.81. The average molecular weight is 510 g/mol. The zero-order valence-electron chi connectivity index (χ0n) is 21.4. The lowest BCUT2D eigenvalue weighted by Gasteiger charge is -2.25. The minimum absolute atomic E-state index is 0.0599. The summed E-state index contributed by atoms with van der Waals surface area (Å²) >= 11 is 0. The second-order valence-electron chi connectivity index (χ2n) is 10.3. The van der Waals surface area contributed by atoms with Gasteiger partial charge in [-0.1, -0.05) is 18.2 Å². The van der Waals surface area contributed by atoms with E-state index in [-0.39, 0.29) is 30.5 Å². The third-order valence-corrected chi connectivity index (χ3v) is 7.62. The first-order valence-electron chi connectivity index (χ1n) is 13.1. The fourth-order valence-corrected chi connectivity index (χ4v) is 5.34. The van der Waals surface area contributed by atoms with Gasteiger partial charge in [-0.05, 0) is 92.1 Å². The molecule has 0 unspecified atom stereocenters. The molecule has 1 atom stereocenters. The molecule has 2 aliphatic heterocycles. The summed E-state index contributed by atoms with van der Waals surface area (Å²) in [6, 6.07) is 11.7. The molecule has 1 fully saturated rings. The first-order chi connectivity index (χ1) is 17.8. The van der Waals surface area contributed by atoms with Crippen molar-refractivity contribution in [3.63, 3.8) is 0 Å². The van der Waals surface area contributed by atoms with E-state index in [2.05, 4.69) is 5.32 Å². The number of hydrogen-bond donors (Lipinski definition) is 2. The predicted molar refractivity (Wildman–Crippen MR) is 139 cm³/mol. The highest BCUT2D eigenvalue weighted by atomic mass is 19.1. The van der Waals surface area contributed by atoms with Crippen molar-refractivity contribution in [2.24, 2.45) is 11.8 Å².